The maximum Gasteiger partial charge on any atom is 0.216 e. The number of furan rings is 1. The maximum absolute atomic E-state index is 9.99. The lowest BCUT2D eigenvalue weighted by Crippen LogP contribution is -2.30. The van der Waals surface area contributed by atoms with Crippen LogP contribution in [0.3, 0.4) is 0 Å². The molecule has 2 aromatic heterocycles. The van der Waals surface area contributed by atoms with Crippen molar-refractivity contribution in [1.82, 2.24) is 0 Å². The minimum atomic E-state index is 0.637. The molecule has 0 unspecified atom stereocenters. The highest BCUT2D eigenvalue weighted by molar-refractivity contribution is 6.12. The van der Waals surface area contributed by atoms with Crippen molar-refractivity contribution >= 4 is 21.9 Å². The van der Waals surface area contributed by atoms with Gasteiger partial charge >= 0.3 is 0 Å². The van der Waals surface area contributed by atoms with Crippen LogP contribution in [0.2, 0.25) is 0 Å². The summed E-state index contributed by atoms with van der Waals surface area (Å²) in [5, 5.41) is 11.8. The second-order valence-electron chi connectivity index (χ2n) is 8.26. The van der Waals surface area contributed by atoms with Crippen LogP contribution >= 0.6 is 0 Å². The molecule has 0 N–H and O–H groups in total. The molecule has 0 saturated heterocycles. The van der Waals surface area contributed by atoms with Crippen LogP contribution < -0.4 is 4.57 Å². The number of nitriles is 1. The van der Waals surface area contributed by atoms with E-state index in [-0.39, 0.29) is 0 Å². The molecule has 0 fully saturated rings. The third-order valence-corrected chi connectivity index (χ3v) is 6.07. The molecule has 0 aliphatic rings. The van der Waals surface area contributed by atoms with Gasteiger partial charge in [0.25, 0.3) is 0 Å². The maximum atomic E-state index is 9.99. The normalized spacial score (nSPS) is 11.2. The summed E-state index contributed by atoms with van der Waals surface area (Å²) in [6.07, 6.45) is 2.04. The first-order valence-electron chi connectivity index (χ1n) is 10.4. The Labute approximate surface area is 181 Å². The molecule has 0 aliphatic carbocycles. The molecule has 0 radical (unpaired) electrons. The topological polar surface area (TPSA) is 40.8 Å². The molecule has 5 rings (SSSR count). The van der Waals surface area contributed by atoms with Crippen LogP contribution in [-0.4, -0.2) is 0 Å². The Balaban J connectivity index is 1.86. The Bertz CT molecular complexity index is 1530. The number of nitrogens with zero attached hydrogens (tertiary/aromatic N) is 2. The lowest BCUT2D eigenvalue weighted by molar-refractivity contribution is -0.660. The van der Waals surface area contributed by atoms with Crippen molar-refractivity contribution in [3.63, 3.8) is 0 Å². The van der Waals surface area contributed by atoms with E-state index < -0.39 is 0 Å². The lowest BCUT2D eigenvalue weighted by atomic mass is 9.94. The van der Waals surface area contributed by atoms with E-state index in [1.54, 1.807) is 0 Å². The molecular formula is C28H23N2O+. The number of fused-ring (bicyclic) bond motifs is 3. The number of aromatic nitrogens is 1. The molecule has 0 bridgehead atoms. The Morgan fingerprint density at radius 2 is 1.74 bits per heavy atom. The molecule has 0 spiro atoms. The van der Waals surface area contributed by atoms with Crippen molar-refractivity contribution in [3.05, 3.63) is 89.1 Å². The van der Waals surface area contributed by atoms with Gasteiger partial charge in [-0.3, -0.25) is 0 Å². The second-order valence-corrected chi connectivity index (χ2v) is 8.26. The first-order valence-corrected chi connectivity index (χ1v) is 10.4. The molecular weight excluding hydrogens is 380 g/mol. The third-order valence-electron chi connectivity index (χ3n) is 6.07. The van der Waals surface area contributed by atoms with Gasteiger partial charge in [-0.25, -0.2) is 4.57 Å². The van der Waals surface area contributed by atoms with Crippen LogP contribution in [0.4, 0.5) is 0 Å². The number of aryl methyl sites for hydroxylation is 4. The van der Waals surface area contributed by atoms with E-state index in [1.807, 2.05) is 31.4 Å². The summed E-state index contributed by atoms with van der Waals surface area (Å²) >= 11 is 0. The Kier molecular flexibility index (Phi) is 4.38. The molecule has 3 nitrogen and oxygen atoms in total. The minimum absolute atomic E-state index is 0.637. The van der Waals surface area contributed by atoms with Crippen molar-refractivity contribution in [2.45, 2.75) is 20.8 Å². The van der Waals surface area contributed by atoms with Crippen LogP contribution in [0, 0.1) is 32.1 Å². The molecule has 0 saturated carbocycles. The third kappa shape index (κ3) is 3.00. The number of pyridine rings is 1. The van der Waals surface area contributed by atoms with E-state index in [2.05, 4.69) is 73.9 Å². The summed E-state index contributed by atoms with van der Waals surface area (Å²) in [5.41, 5.74) is 10.0. The van der Waals surface area contributed by atoms with Gasteiger partial charge in [0.05, 0.1) is 17.2 Å². The summed E-state index contributed by atoms with van der Waals surface area (Å²) in [6.45, 7) is 6.29. The van der Waals surface area contributed by atoms with Gasteiger partial charge in [-0.05, 0) is 61.2 Å². The highest BCUT2D eigenvalue weighted by Crippen LogP contribution is 2.40. The monoisotopic (exact) mass is 403 g/mol. The summed E-state index contributed by atoms with van der Waals surface area (Å²) in [4.78, 5) is 0. The molecule has 0 amide bonds. The predicted molar refractivity (Wildman–Crippen MR) is 125 cm³/mol. The fourth-order valence-electron chi connectivity index (χ4n) is 4.55. The van der Waals surface area contributed by atoms with E-state index in [1.165, 1.54) is 11.1 Å². The molecule has 3 heteroatoms. The fourth-order valence-corrected chi connectivity index (χ4v) is 4.55. The number of benzene rings is 3. The lowest BCUT2D eigenvalue weighted by Gasteiger charge is -2.08. The van der Waals surface area contributed by atoms with Crippen LogP contribution in [0.15, 0.2) is 71.3 Å². The van der Waals surface area contributed by atoms with Gasteiger partial charge < -0.3 is 4.42 Å². The van der Waals surface area contributed by atoms with Gasteiger partial charge in [-0.15, -0.1) is 0 Å². The van der Waals surface area contributed by atoms with Crippen molar-refractivity contribution in [2.75, 3.05) is 0 Å². The largest absolute Gasteiger partial charge is 0.455 e. The SMILES string of the molecule is Cc1ccc(-c2cc(C#N)c3c(c2)oc2c(-c4cccc[n+]4C)c(C)ccc23)c(C)c1. The average Bonchev–Trinajstić information content (AvgIpc) is 3.12. The van der Waals surface area contributed by atoms with E-state index in [9.17, 15) is 5.26 Å². The van der Waals surface area contributed by atoms with Crippen LogP contribution in [0.1, 0.15) is 22.3 Å². The zero-order chi connectivity index (χ0) is 21.7. The quantitative estimate of drug-likeness (QED) is 0.314. The Morgan fingerprint density at radius 3 is 2.48 bits per heavy atom. The first kappa shape index (κ1) is 19.1. The number of hydrogen-bond acceptors (Lipinski definition) is 2. The Hall–Kier alpha value is -3.90. The van der Waals surface area contributed by atoms with E-state index >= 15 is 0 Å². The van der Waals surface area contributed by atoms with E-state index in [0.717, 1.165) is 49.9 Å². The minimum Gasteiger partial charge on any atom is -0.455 e. The number of rotatable bonds is 2. The van der Waals surface area contributed by atoms with Gasteiger partial charge in [0.2, 0.25) is 5.69 Å². The van der Waals surface area contributed by atoms with Gasteiger partial charge in [-0.2, -0.15) is 5.26 Å². The summed E-state index contributed by atoms with van der Waals surface area (Å²) in [5.74, 6) is 0. The molecule has 3 aromatic carbocycles. The Morgan fingerprint density at radius 1 is 0.903 bits per heavy atom. The number of hydrogen-bond donors (Lipinski definition) is 0. The summed E-state index contributed by atoms with van der Waals surface area (Å²) < 4.78 is 8.58. The van der Waals surface area contributed by atoms with E-state index in [0.29, 0.717) is 5.56 Å². The van der Waals surface area contributed by atoms with Crippen molar-refractivity contribution in [1.29, 1.82) is 5.26 Å². The average molecular weight is 404 g/mol. The summed E-state index contributed by atoms with van der Waals surface area (Å²) in [7, 11) is 2.04. The molecule has 150 valence electrons. The molecule has 0 aliphatic heterocycles. The van der Waals surface area contributed by atoms with E-state index in [4.69, 9.17) is 4.42 Å². The van der Waals surface area contributed by atoms with Gasteiger partial charge in [0.1, 0.15) is 18.2 Å². The fraction of sp³-hybridized carbons (Fsp3) is 0.143. The van der Waals surface area contributed by atoms with Crippen LogP contribution in [-0.2, 0) is 7.05 Å². The molecule has 0 atom stereocenters. The highest BCUT2D eigenvalue weighted by atomic mass is 16.3. The molecule has 2 heterocycles. The second kappa shape index (κ2) is 7.11. The standard InChI is InChI=1S/C28H23N2O/c1-17-8-10-22(19(3)13-17)20-14-21(16-29)27-23-11-9-18(2)26(28(23)31-25(27)15-20)24-7-5-6-12-30(24)4/h5-15H,1-4H3/q+1. The highest BCUT2D eigenvalue weighted by Gasteiger charge is 2.22. The van der Waals surface area contributed by atoms with Crippen molar-refractivity contribution in [3.8, 4) is 28.5 Å². The zero-order valence-corrected chi connectivity index (χ0v) is 18.2. The van der Waals surface area contributed by atoms with Gasteiger partial charge in [0, 0.05) is 22.9 Å². The predicted octanol–water partition coefficient (Wildman–Crippen LogP) is 6.54. The summed E-state index contributed by atoms with van der Waals surface area (Å²) in [6, 6.07) is 23.2. The van der Waals surface area contributed by atoms with Crippen molar-refractivity contribution in [2.24, 2.45) is 7.05 Å². The van der Waals surface area contributed by atoms with Gasteiger partial charge in [0.15, 0.2) is 6.20 Å². The smallest absolute Gasteiger partial charge is 0.216 e. The zero-order valence-electron chi connectivity index (χ0n) is 18.2. The molecule has 31 heavy (non-hydrogen) atoms. The van der Waals surface area contributed by atoms with Crippen LogP contribution in [0.5, 0.6) is 0 Å². The van der Waals surface area contributed by atoms with Gasteiger partial charge in [-0.1, -0.05) is 35.9 Å². The molecule has 5 aromatic rings. The van der Waals surface area contributed by atoms with Crippen LogP contribution in [0.25, 0.3) is 44.3 Å². The first-order chi connectivity index (χ1) is 15.0. The van der Waals surface area contributed by atoms with Crippen molar-refractivity contribution < 1.29 is 8.98 Å².